The van der Waals surface area contributed by atoms with Crippen LogP contribution in [0.25, 0.3) is 0 Å². The number of fused-ring (bicyclic) bond motifs is 1. The van der Waals surface area contributed by atoms with Crippen LogP contribution in [0.3, 0.4) is 0 Å². The van der Waals surface area contributed by atoms with E-state index in [9.17, 15) is 17.2 Å². The summed E-state index contributed by atoms with van der Waals surface area (Å²) in [5.74, 6) is -0.765. The number of halogens is 2. The van der Waals surface area contributed by atoms with Gasteiger partial charge in [-0.25, -0.2) is 18.9 Å². The summed E-state index contributed by atoms with van der Waals surface area (Å²) in [6.45, 7) is 1.28. The van der Waals surface area contributed by atoms with Crippen molar-refractivity contribution in [2.45, 2.75) is 50.5 Å². The van der Waals surface area contributed by atoms with E-state index in [0.717, 1.165) is 31.7 Å². The van der Waals surface area contributed by atoms with Crippen LogP contribution >= 0.6 is 0 Å². The minimum Gasteiger partial charge on any atom is -0.490 e. The molecule has 0 spiro atoms. The molecule has 1 aliphatic carbocycles. The summed E-state index contributed by atoms with van der Waals surface area (Å²) < 4.78 is 64.7. The van der Waals surface area contributed by atoms with Crippen LogP contribution in [0.15, 0.2) is 34.8 Å². The zero-order valence-electron chi connectivity index (χ0n) is 18.1. The number of hydrazone groups is 1. The molecular weight excluding hydrogens is 456 g/mol. The Bertz CT molecular complexity index is 1050. The maximum atomic E-state index is 13.8. The van der Waals surface area contributed by atoms with Crippen molar-refractivity contribution < 1.29 is 26.7 Å². The predicted molar refractivity (Wildman–Crippen MR) is 117 cm³/mol. The molecule has 33 heavy (non-hydrogen) atoms. The molecule has 12 heteroatoms. The maximum Gasteiger partial charge on any atom is 0.277 e. The molecule has 0 radical (unpaired) electrons. The molecule has 180 valence electrons. The zero-order valence-corrected chi connectivity index (χ0v) is 18.9. The highest BCUT2D eigenvalue weighted by molar-refractivity contribution is 7.86. The second-order valence-corrected chi connectivity index (χ2v) is 10.3. The zero-order chi connectivity index (χ0) is 23.2. The van der Waals surface area contributed by atoms with E-state index in [-0.39, 0.29) is 24.9 Å². The number of piperazine rings is 1. The topological polar surface area (TPSA) is 104 Å². The first kappa shape index (κ1) is 22.5. The van der Waals surface area contributed by atoms with Gasteiger partial charge in [-0.15, -0.1) is 0 Å². The molecule has 1 aromatic carbocycles. The molecule has 4 aliphatic rings. The second-order valence-electron chi connectivity index (χ2n) is 8.72. The number of anilines is 1. The van der Waals surface area contributed by atoms with Gasteiger partial charge in [-0.05, 0) is 37.8 Å². The van der Waals surface area contributed by atoms with Crippen LogP contribution < -0.4 is 10.1 Å². The summed E-state index contributed by atoms with van der Waals surface area (Å²) >= 11 is 0. The number of hydrogen-bond donors (Lipinski definition) is 1. The van der Waals surface area contributed by atoms with Crippen LogP contribution in [0.5, 0.6) is 0 Å². The minimum absolute atomic E-state index is 0.0610. The Morgan fingerprint density at radius 2 is 1.70 bits per heavy atom. The highest BCUT2D eigenvalue weighted by Crippen LogP contribution is 2.41. The fraction of sp³-hybridized carbons (Fsp3) is 0.571. The van der Waals surface area contributed by atoms with Gasteiger partial charge in [0.05, 0.1) is 23.7 Å². The highest BCUT2D eigenvalue weighted by Gasteiger charge is 2.52. The van der Waals surface area contributed by atoms with Gasteiger partial charge in [0.15, 0.2) is 18.1 Å². The van der Waals surface area contributed by atoms with Gasteiger partial charge >= 0.3 is 0 Å². The van der Waals surface area contributed by atoms with Crippen LogP contribution in [-0.4, -0.2) is 68.5 Å². The van der Waals surface area contributed by atoms with E-state index < -0.39 is 34.2 Å². The molecule has 5 rings (SSSR count). The van der Waals surface area contributed by atoms with Crippen LogP contribution in [0, 0.1) is 11.6 Å². The number of allylic oxidation sites excluding steroid dienone is 1. The molecule has 2 saturated heterocycles. The Labute approximate surface area is 191 Å². The average molecular weight is 484 g/mol. The molecule has 2 N–H and O–H groups in total. The Hall–Kier alpha value is -2.28. The number of benzene rings is 1. The van der Waals surface area contributed by atoms with E-state index in [2.05, 4.69) is 5.10 Å². The SMILES string of the molecule is NS(=O)(=O)N1CCN(C2=C(OC3CCCCC3)C3OC3N(c3cc(F)cc(F)c3)N=C2)CC1. The van der Waals surface area contributed by atoms with E-state index in [1.165, 1.54) is 27.9 Å². The number of rotatable bonds is 5. The van der Waals surface area contributed by atoms with Crippen molar-refractivity contribution in [3.63, 3.8) is 0 Å². The van der Waals surface area contributed by atoms with Crippen molar-refractivity contribution in [1.29, 1.82) is 0 Å². The minimum atomic E-state index is -3.76. The van der Waals surface area contributed by atoms with E-state index in [0.29, 0.717) is 24.5 Å². The summed E-state index contributed by atoms with van der Waals surface area (Å²) in [6, 6.07) is 3.22. The first-order chi connectivity index (χ1) is 15.8. The lowest BCUT2D eigenvalue weighted by Crippen LogP contribution is -2.50. The Balaban J connectivity index is 1.43. The Kier molecular flexibility index (Phi) is 6.02. The normalized spacial score (nSPS) is 26.9. The van der Waals surface area contributed by atoms with Gasteiger partial charge in [0.2, 0.25) is 0 Å². The van der Waals surface area contributed by atoms with Gasteiger partial charge in [-0.2, -0.15) is 17.8 Å². The molecular formula is C21H27F2N5O4S. The largest absolute Gasteiger partial charge is 0.490 e. The average Bonchev–Trinajstić information content (AvgIpc) is 3.56. The van der Waals surface area contributed by atoms with Gasteiger partial charge in [0.25, 0.3) is 10.2 Å². The van der Waals surface area contributed by atoms with E-state index in [1.54, 1.807) is 6.21 Å². The van der Waals surface area contributed by atoms with Crippen LogP contribution in [-0.2, 0) is 19.7 Å². The Morgan fingerprint density at radius 3 is 2.33 bits per heavy atom. The summed E-state index contributed by atoms with van der Waals surface area (Å²) in [7, 11) is -3.76. The lowest BCUT2D eigenvalue weighted by atomic mass is 9.97. The maximum absolute atomic E-state index is 13.8. The first-order valence-corrected chi connectivity index (χ1v) is 12.7. The van der Waals surface area contributed by atoms with Crippen molar-refractivity contribution in [1.82, 2.24) is 9.21 Å². The summed E-state index contributed by atoms with van der Waals surface area (Å²) in [4.78, 5) is 2.00. The molecule has 2 unspecified atom stereocenters. The van der Waals surface area contributed by atoms with Gasteiger partial charge in [0, 0.05) is 32.2 Å². The number of nitrogens with zero attached hydrogens (tertiary/aromatic N) is 4. The molecule has 2 atom stereocenters. The van der Waals surface area contributed by atoms with E-state index >= 15 is 0 Å². The van der Waals surface area contributed by atoms with Crippen LogP contribution in [0.2, 0.25) is 0 Å². The second kappa shape index (κ2) is 8.82. The molecule has 3 aliphatic heterocycles. The molecule has 3 heterocycles. The molecule has 0 aromatic heterocycles. The summed E-state index contributed by atoms with van der Waals surface area (Å²) in [5, 5.41) is 11.2. The van der Waals surface area contributed by atoms with Crippen molar-refractivity contribution in [2.75, 3.05) is 31.2 Å². The van der Waals surface area contributed by atoms with Gasteiger partial charge in [-0.1, -0.05) is 6.42 Å². The first-order valence-electron chi connectivity index (χ1n) is 11.2. The van der Waals surface area contributed by atoms with Crippen LogP contribution in [0.4, 0.5) is 14.5 Å². The van der Waals surface area contributed by atoms with Crippen molar-refractivity contribution in [3.8, 4) is 0 Å². The monoisotopic (exact) mass is 483 g/mol. The quantitative estimate of drug-likeness (QED) is 0.642. The van der Waals surface area contributed by atoms with Crippen molar-refractivity contribution in [3.05, 3.63) is 41.3 Å². The van der Waals surface area contributed by atoms with Crippen molar-refractivity contribution >= 4 is 22.1 Å². The molecule has 0 amide bonds. The third kappa shape index (κ3) is 4.84. The molecule has 1 aromatic rings. The Morgan fingerprint density at radius 1 is 1.03 bits per heavy atom. The fourth-order valence-corrected chi connectivity index (χ4v) is 5.34. The smallest absolute Gasteiger partial charge is 0.277 e. The summed E-state index contributed by atoms with van der Waals surface area (Å²) in [6.07, 6.45) is 5.97. The molecule has 3 fully saturated rings. The van der Waals surface area contributed by atoms with E-state index in [4.69, 9.17) is 14.6 Å². The van der Waals surface area contributed by atoms with Gasteiger partial charge < -0.3 is 14.4 Å². The van der Waals surface area contributed by atoms with Gasteiger partial charge in [-0.3, -0.25) is 0 Å². The van der Waals surface area contributed by atoms with Crippen molar-refractivity contribution in [2.24, 2.45) is 10.2 Å². The number of epoxide rings is 1. The standard InChI is InChI=1S/C21H27F2N5O4S/c22-14-10-15(23)12-16(11-14)28-21-20(32-21)19(31-17-4-2-1-3-5-17)18(13-25-28)26-6-8-27(9-7-26)33(24,29)30/h10-13,17,20-21H,1-9H2,(H2,24,29,30). The number of nitrogens with two attached hydrogens (primary N) is 1. The predicted octanol–water partition coefficient (Wildman–Crippen LogP) is 1.88. The third-order valence-corrected chi connectivity index (χ3v) is 7.51. The van der Waals surface area contributed by atoms with E-state index in [1.807, 2.05) is 4.90 Å². The molecule has 1 saturated carbocycles. The molecule has 9 nitrogen and oxygen atoms in total. The lowest BCUT2D eigenvalue weighted by Gasteiger charge is -2.36. The fourth-order valence-electron chi connectivity index (χ4n) is 4.67. The number of ether oxygens (including phenoxy) is 2. The van der Waals surface area contributed by atoms with Crippen LogP contribution in [0.1, 0.15) is 32.1 Å². The van der Waals surface area contributed by atoms with Gasteiger partial charge in [0.1, 0.15) is 11.6 Å². The number of hydrogen-bond acceptors (Lipinski definition) is 7. The highest BCUT2D eigenvalue weighted by atomic mass is 32.2. The lowest BCUT2D eigenvalue weighted by molar-refractivity contribution is 0.0644. The summed E-state index contributed by atoms with van der Waals surface area (Å²) in [5.41, 5.74) is 0.940. The molecule has 0 bridgehead atoms. The third-order valence-electron chi connectivity index (χ3n) is 6.42.